The van der Waals surface area contributed by atoms with Crippen LogP contribution in [0.1, 0.15) is 24.1 Å². The molecule has 2 heterocycles. The molecule has 0 spiro atoms. The lowest BCUT2D eigenvalue weighted by Gasteiger charge is -2.27. The third-order valence-corrected chi connectivity index (χ3v) is 5.26. The molecule has 0 fully saturated rings. The van der Waals surface area contributed by atoms with E-state index in [4.69, 9.17) is 15.2 Å². The summed E-state index contributed by atoms with van der Waals surface area (Å²) < 4.78 is 14.0. The van der Waals surface area contributed by atoms with E-state index in [0.717, 1.165) is 15.6 Å². The van der Waals surface area contributed by atoms with Gasteiger partial charge in [0.1, 0.15) is 12.6 Å². The molecule has 1 aliphatic rings. The van der Waals surface area contributed by atoms with Crippen LogP contribution in [0.4, 0.5) is 5.95 Å². The first kappa shape index (κ1) is 19.9. The zero-order valence-corrected chi connectivity index (χ0v) is 17.9. The summed E-state index contributed by atoms with van der Waals surface area (Å²) >= 11 is 3.46. The van der Waals surface area contributed by atoms with Crippen LogP contribution >= 0.6 is 15.9 Å². The molecule has 0 saturated carbocycles. The van der Waals surface area contributed by atoms with Gasteiger partial charge in [-0.1, -0.05) is 39.2 Å². The smallest absolute Gasteiger partial charge is 0.248 e. The number of nitrogens with two attached hydrogens (primary N) is 1. The van der Waals surface area contributed by atoms with Gasteiger partial charge in [-0.3, -0.25) is 4.79 Å². The first-order valence-electron chi connectivity index (χ1n) is 9.08. The maximum absolute atomic E-state index is 12.2. The SMILES string of the molecule is COc1cc(C2C(C(N)=O)=C(C)Nc3nnnn32)ccc1OCc1cccc(Br)c1. The van der Waals surface area contributed by atoms with E-state index < -0.39 is 11.9 Å². The summed E-state index contributed by atoms with van der Waals surface area (Å²) in [4.78, 5) is 12.2. The van der Waals surface area contributed by atoms with Gasteiger partial charge in [0.25, 0.3) is 0 Å². The number of rotatable bonds is 6. The molecule has 0 radical (unpaired) electrons. The molecule has 1 atom stereocenters. The fourth-order valence-corrected chi connectivity index (χ4v) is 3.85. The number of anilines is 1. The zero-order chi connectivity index (χ0) is 21.3. The molecule has 30 heavy (non-hydrogen) atoms. The second-order valence-corrected chi connectivity index (χ2v) is 7.62. The molecule has 10 heteroatoms. The highest BCUT2D eigenvalue weighted by Crippen LogP contribution is 2.38. The van der Waals surface area contributed by atoms with Crippen molar-refractivity contribution in [2.45, 2.75) is 19.6 Å². The Hall–Kier alpha value is -3.40. The summed E-state index contributed by atoms with van der Waals surface area (Å²) in [5.74, 6) is 0.974. The molecule has 3 aromatic rings. The van der Waals surface area contributed by atoms with Crippen LogP contribution in [0.3, 0.4) is 0 Å². The van der Waals surface area contributed by atoms with Crippen LogP contribution in [-0.2, 0) is 11.4 Å². The molecule has 0 aliphatic carbocycles. The molecule has 0 bridgehead atoms. The molecule has 0 saturated heterocycles. The van der Waals surface area contributed by atoms with Gasteiger partial charge in [0.05, 0.1) is 12.7 Å². The van der Waals surface area contributed by atoms with Crippen molar-refractivity contribution in [3.05, 3.63) is 69.3 Å². The molecular weight excluding hydrogens is 452 g/mol. The van der Waals surface area contributed by atoms with Crippen molar-refractivity contribution in [1.82, 2.24) is 20.2 Å². The number of benzene rings is 2. The lowest BCUT2D eigenvalue weighted by atomic mass is 9.95. The second-order valence-electron chi connectivity index (χ2n) is 6.71. The van der Waals surface area contributed by atoms with Gasteiger partial charge in [0.15, 0.2) is 11.5 Å². The Kier molecular flexibility index (Phi) is 5.40. The highest BCUT2D eigenvalue weighted by atomic mass is 79.9. The van der Waals surface area contributed by atoms with Crippen LogP contribution in [0, 0.1) is 0 Å². The quantitative estimate of drug-likeness (QED) is 0.568. The number of halogens is 1. The minimum Gasteiger partial charge on any atom is -0.493 e. The molecule has 1 aliphatic heterocycles. The van der Waals surface area contributed by atoms with E-state index in [1.54, 1.807) is 26.2 Å². The van der Waals surface area contributed by atoms with E-state index in [9.17, 15) is 4.79 Å². The number of amides is 1. The van der Waals surface area contributed by atoms with Crippen molar-refractivity contribution in [2.75, 3.05) is 12.4 Å². The number of hydrogen-bond acceptors (Lipinski definition) is 7. The number of ether oxygens (including phenoxy) is 2. The van der Waals surface area contributed by atoms with Crippen molar-refractivity contribution in [1.29, 1.82) is 0 Å². The summed E-state index contributed by atoms with van der Waals surface area (Å²) in [6, 6.07) is 12.7. The Balaban J connectivity index is 1.68. The maximum atomic E-state index is 12.2. The van der Waals surface area contributed by atoms with Gasteiger partial charge < -0.3 is 20.5 Å². The number of carbonyl (C=O) groups excluding carboxylic acids is 1. The van der Waals surface area contributed by atoms with Gasteiger partial charge in [-0.25, -0.2) is 0 Å². The van der Waals surface area contributed by atoms with E-state index in [0.29, 0.717) is 35.3 Å². The number of tetrazole rings is 1. The molecule has 2 aromatic carbocycles. The molecule has 1 amide bonds. The lowest BCUT2D eigenvalue weighted by Crippen LogP contribution is -2.31. The molecule has 3 N–H and O–H groups in total. The number of primary amides is 1. The van der Waals surface area contributed by atoms with Crippen molar-refractivity contribution >= 4 is 27.8 Å². The molecular formula is C20H19BrN6O3. The van der Waals surface area contributed by atoms with Crippen LogP contribution < -0.4 is 20.5 Å². The summed E-state index contributed by atoms with van der Waals surface area (Å²) in [6.45, 7) is 2.14. The third kappa shape index (κ3) is 3.73. The predicted octanol–water partition coefficient (Wildman–Crippen LogP) is 2.80. The van der Waals surface area contributed by atoms with Crippen LogP contribution in [0.25, 0.3) is 0 Å². The van der Waals surface area contributed by atoms with Crippen molar-refractivity contribution in [2.24, 2.45) is 5.73 Å². The lowest BCUT2D eigenvalue weighted by molar-refractivity contribution is -0.115. The fourth-order valence-electron chi connectivity index (χ4n) is 3.40. The number of fused-ring (bicyclic) bond motifs is 1. The largest absolute Gasteiger partial charge is 0.493 e. The zero-order valence-electron chi connectivity index (χ0n) is 16.3. The Morgan fingerprint density at radius 3 is 2.83 bits per heavy atom. The van der Waals surface area contributed by atoms with Gasteiger partial charge in [-0.05, 0) is 52.7 Å². The van der Waals surface area contributed by atoms with Gasteiger partial charge >= 0.3 is 0 Å². The van der Waals surface area contributed by atoms with Crippen LogP contribution in [0.5, 0.6) is 11.5 Å². The molecule has 154 valence electrons. The summed E-state index contributed by atoms with van der Waals surface area (Å²) in [6.07, 6.45) is 0. The number of carbonyl (C=O) groups is 1. The summed E-state index contributed by atoms with van der Waals surface area (Å²) in [5, 5.41) is 14.7. The third-order valence-electron chi connectivity index (χ3n) is 4.77. The molecule has 9 nitrogen and oxygen atoms in total. The monoisotopic (exact) mass is 470 g/mol. The fraction of sp³-hybridized carbons (Fsp3) is 0.200. The average molecular weight is 471 g/mol. The van der Waals surface area contributed by atoms with Crippen molar-refractivity contribution in [3.63, 3.8) is 0 Å². The average Bonchev–Trinajstić information content (AvgIpc) is 3.19. The number of nitrogens with zero attached hydrogens (tertiary/aromatic N) is 4. The van der Waals surface area contributed by atoms with E-state index in [2.05, 4.69) is 36.8 Å². The molecule has 1 unspecified atom stereocenters. The predicted molar refractivity (Wildman–Crippen MR) is 113 cm³/mol. The highest BCUT2D eigenvalue weighted by Gasteiger charge is 2.33. The number of nitrogens with one attached hydrogen (secondary N) is 1. The van der Waals surface area contributed by atoms with Crippen molar-refractivity contribution < 1.29 is 14.3 Å². The van der Waals surface area contributed by atoms with E-state index in [-0.39, 0.29) is 0 Å². The Bertz CT molecular complexity index is 1140. The van der Waals surface area contributed by atoms with Crippen LogP contribution in [0.2, 0.25) is 0 Å². The highest BCUT2D eigenvalue weighted by molar-refractivity contribution is 9.10. The van der Waals surface area contributed by atoms with Gasteiger partial charge in [-0.15, -0.1) is 0 Å². The normalized spacial score (nSPS) is 15.4. The van der Waals surface area contributed by atoms with E-state index in [1.807, 2.05) is 30.3 Å². The minimum absolute atomic E-state index is 0.375. The van der Waals surface area contributed by atoms with Gasteiger partial charge in [0, 0.05) is 10.2 Å². The van der Waals surface area contributed by atoms with E-state index in [1.165, 1.54) is 4.68 Å². The summed E-state index contributed by atoms with van der Waals surface area (Å²) in [7, 11) is 1.56. The number of methoxy groups -OCH3 is 1. The Morgan fingerprint density at radius 2 is 2.10 bits per heavy atom. The number of allylic oxidation sites excluding steroid dienone is 1. The molecule has 4 rings (SSSR count). The molecule has 1 aromatic heterocycles. The number of hydrogen-bond donors (Lipinski definition) is 2. The standard InChI is InChI=1S/C20H19BrN6O3/c1-11-17(19(22)28)18(27-20(23-11)24-25-26-27)13-6-7-15(16(9-13)29-2)30-10-12-4-3-5-14(21)8-12/h3-9,18H,10H2,1-2H3,(H2,22,28)(H,23,24,26). The Labute approximate surface area is 181 Å². The Morgan fingerprint density at radius 1 is 1.27 bits per heavy atom. The number of aromatic nitrogens is 4. The van der Waals surface area contributed by atoms with Gasteiger partial charge in [0.2, 0.25) is 11.9 Å². The topological polar surface area (TPSA) is 117 Å². The summed E-state index contributed by atoms with van der Waals surface area (Å²) in [5.41, 5.74) is 8.39. The van der Waals surface area contributed by atoms with E-state index >= 15 is 0 Å². The first-order valence-corrected chi connectivity index (χ1v) is 9.88. The first-order chi connectivity index (χ1) is 14.5. The van der Waals surface area contributed by atoms with Crippen molar-refractivity contribution in [3.8, 4) is 11.5 Å². The van der Waals surface area contributed by atoms with Gasteiger partial charge in [-0.2, -0.15) is 4.68 Å². The maximum Gasteiger partial charge on any atom is 0.248 e. The second kappa shape index (κ2) is 8.15. The van der Waals surface area contributed by atoms with Crippen LogP contribution in [-0.4, -0.2) is 33.2 Å². The van der Waals surface area contributed by atoms with Crippen LogP contribution in [0.15, 0.2) is 58.2 Å². The minimum atomic E-state index is -0.582.